The molecule has 0 aliphatic carbocycles. The number of nitrogens with two attached hydrogens (primary N) is 2. The van der Waals surface area contributed by atoms with Gasteiger partial charge in [0.15, 0.2) is 22.7 Å². The molecule has 3 saturated heterocycles. The number of rotatable bonds is 21. The summed E-state index contributed by atoms with van der Waals surface area (Å²) in [4.78, 5) is 40.2. The monoisotopic (exact) mass is 1320 g/mol. The lowest BCUT2D eigenvalue weighted by atomic mass is 9.97. The zero-order chi connectivity index (χ0) is 66.9. The highest BCUT2D eigenvalue weighted by Crippen LogP contribution is 2.33. The standard InChI is InChI=1S/C25H31N5O2.C21H28N6O.C14H14ClN5.C7H15NO.C3H3ClO/c1-3-19-17-26-30-24(27-20-9-7-8-18(14-20)15-22(32)4-2)16-23(28-25(19)30)29-12-6-5-10-21(29)11-13-31;1-2-15-14-23-27-20(24-17-7-5-6-16(22)12-17)13-19(25-21(15)27)26-10-4-3-8-18(26)9-11-28;1-2-9-8-17-20-13(7-12(15)19-14(9)20)18-11-5-3-4-10(16)6-11;9-5-3-7-2-1-4-8-6-7;1-2-3(4)5/h4,7-9,14,16-17,21,27,31H,2-3,5-6,10-13,15H2,1H3;5-7,12-14,18,24,28H,2-4,8-11,22H2,1H3;3-8,18H,2,16H2,1H3;7-9H,1-6H2;2H,1H2/t21-;18-;;7-;/m00.0./s1. The van der Waals surface area contributed by atoms with E-state index < -0.39 is 5.24 Å². The fourth-order valence-corrected chi connectivity index (χ4v) is 12.0. The third kappa shape index (κ3) is 19.7. The van der Waals surface area contributed by atoms with E-state index in [4.69, 9.17) is 49.7 Å². The number of allylic oxidation sites excluding steroid dienone is 2. The Balaban J connectivity index is 0.000000166. The van der Waals surface area contributed by atoms with E-state index in [0.717, 1.165) is 181 Å². The number of aryl methyl sites for hydroxylation is 3. The Bertz CT molecular complexity index is 3920. The number of anilines is 10. The average Bonchev–Trinajstić information content (AvgIpc) is 1.59. The number of hydrogen-bond donors (Lipinski definition) is 9. The van der Waals surface area contributed by atoms with Crippen molar-refractivity contribution in [1.82, 2.24) is 49.1 Å². The van der Waals surface area contributed by atoms with Crippen molar-refractivity contribution in [3.8, 4) is 0 Å². The van der Waals surface area contributed by atoms with Crippen LogP contribution in [0.25, 0.3) is 16.9 Å². The van der Waals surface area contributed by atoms with Gasteiger partial charge < -0.3 is 57.9 Å². The van der Waals surface area contributed by atoms with Crippen LogP contribution in [0.1, 0.15) is 114 Å². The van der Waals surface area contributed by atoms with Crippen LogP contribution in [0, 0.1) is 5.92 Å². The molecule has 9 heterocycles. The van der Waals surface area contributed by atoms with Crippen LogP contribution in [0.15, 0.2) is 135 Å². The second kappa shape index (κ2) is 36.1. The number of nitrogen functional groups attached to an aromatic ring is 2. The average molecular weight is 1320 g/mol. The quantitative estimate of drug-likeness (QED) is 0.0140. The number of nitrogens with zero attached hydrogens (tertiary/aromatic N) is 11. The van der Waals surface area contributed by atoms with Gasteiger partial charge in [-0.25, -0.2) is 15.0 Å². The maximum absolute atomic E-state index is 11.8. The molecule has 0 unspecified atom stereocenters. The summed E-state index contributed by atoms with van der Waals surface area (Å²) in [6.45, 7) is 17.8. The second-order valence-electron chi connectivity index (χ2n) is 23.4. The Labute approximate surface area is 560 Å². The Morgan fingerprint density at radius 2 is 1.04 bits per heavy atom. The fraction of sp³-hybridized carbons (Fsp3) is 0.400. The fourth-order valence-electron chi connectivity index (χ4n) is 11.8. The second-order valence-corrected chi connectivity index (χ2v) is 24.1. The van der Waals surface area contributed by atoms with Gasteiger partial charge in [-0.15, -0.1) is 0 Å². The molecule has 3 aliphatic rings. The van der Waals surface area contributed by atoms with Crippen molar-refractivity contribution in [3.63, 3.8) is 0 Å². The molecule has 9 aromatic rings. The van der Waals surface area contributed by atoms with Gasteiger partial charge in [-0.3, -0.25) is 9.59 Å². The lowest BCUT2D eigenvalue weighted by Crippen LogP contribution is -2.40. The number of carbonyl (C=O) groups is 2. The first-order valence-corrected chi connectivity index (χ1v) is 33.4. The van der Waals surface area contributed by atoms with Gasteiger partial charge in [-0.1, -0.05) is 69.8 Å². The van der Waals surface area contributed by atoms with Crippen LogP contribution in [0.2, 0.25) is 5.15 Å². The lowest BCUT2D eigenvalue weighted by Gasteiger charge is -2.36. The van der Waals surface area contributed by atoms with Crippen LogP contribution in [0.3, 0.4) is 0 Å². The lowest BCUT2D eigenvalue weighted by molar-refractivity contribution is -0.114. The van der Waals surface area contributed by atoms with E-state index in [1.165, 1.54) is 38.3 Å². The van der Waals surface area contributed by atoms with Crippen LogP contribution in [0.4, 0.5) is 57.5 Å². The number of nitrogens with one attached hydrogen (secondary N) is 4. The molecule has 3 aliphatic heterocycles. The highest BCUT2D eigenvalue weighted by molar-refractivity contribution is 6.66. The van der Waals surface area contributed by atoms with Crippen molar-refractivity contribution in [2.75, 3.05) is 83.2 Å². The number of carbonyl (C=O) groups excluding carboxylic acids is 2. The molecule has 500 valence electrons. The maximum Gasteiger partial charge on any atom is 0.244 e. The molecule has 0 saturated carbocycles. The number of halogens is 2. The van der Waals surface area contributed by atoms with Crippen molar-refractivity contribution in [3.05, 3.63) is 162 Å². The van der Waals surface area contributed by atoms with E-state index in [1.54, 1.807) is 10.6 Å². The zero-order valence-electron chi connectivity index (χ0n) is 54.2. The van der Waals surface area contributed by atoms with Gasteiger partial charge in [0.25, 0.3) is 0 Å². The number of fused-ring (bicyclic) bond motifs is 3. The van der Waals surface area contributed by atoms with E-state index >= 15 is 0 Å². The summed E-state index contributed by atoms with van der Waals surface area (Å²) < 4.78 is 5.44. The van der Waals surface area contributed by atoms with Crippen molar-refractivity contribution in [1.29, 1.82) is 0 Å². The third-order valence-corrected chi connectivity index (χ3v) is 17.1. The summed E-state index contributed by atoms with van der Waals surface area (Å²) >= 11 is 10.8. The topological polar surface area (TPSA) is 292 Å². The summed E-state index contributed by atoms with van der Waals surface area (Å²) in [5.41, 5.74) is 22.5. The van der Waals surface area contributed by atoms with Crippen LogP contribution in [-0.4, -0.2) is 128 Å². The number of aliphatic hydroxyl groups is 3. The van der Waals surface area contributed by atoms with E-state index in [0.29, 0.717) is 35.6 Å². The summed E-state index contributed by atoms with van der Waals surface area (Å²) in [7, 11) is 0. The maximum atomic E-state index is 11.8. The molecule has 22 nitrogen and oxygen atoms in total. The SMILES string of the molecule is C=CC(=O)Cc1cccc(Nc2cc(N3CCCC[C@H]3CCO)nc3c(CC)cnn23)c1.C=CC(=O)Cl.CCc1cnn2c(Nc3cccc(N)c3)cc(Cl)nc12.CCc1cnn2c(Nc3cccc(N)c3)cc(N3CCCC[C@H]3CCO)nc12.OCC[C@@H]1CCCNC1. The van der Waals surface area contributed by atoms with Crippen molar-refractivity contribution in [2.45, 2.75) is 129 Å². The largest absolute Gasteiger partial charge is 0.399 e. The predicted octanol–water partition coefficient (Wildman–Crippen LogP) is 12.0. The molecule has 24 heteroatoms. The predicted molar refractivity (Wildman–Crippen MR) is 381 cm³/mol. The molecular formula is C70H91Cl2N17O5. The number of aliphatic hydroxyl groups excluding tert-OH is 3. The van der Waals surface area contributed by atoms with Crippen molar-refractivity contribution in [2.24, 2.45) is 5.92 Å². The normalized spacial score (nSPS) is 16.1. The Morgan fingerprint density at radius 1 is 0.596 bits per heavy atom. The Morgan fingerprint density at radius 3 is 1.46 bits per heavy atom. The van der Waals surface area contributed by atoms with Crippen LogP contribution in [-0.2, 0) is 35.3 Å². The van der Waals surface area contributed by atoms with Gasteiger partial charge in [-0.05, 0) is 187 Å². The van der Waals surface area contributed by atoms with Crippen LogP contribution >= 0.6 is 23.2 Å². The van der Waals surface area contributed by atoms with Gasteiger partial charge in [0.05, 0.1) is 18.6 Å². The van der Waals surface area contributed by atoms with E-state index in [9.17, 15) is 19.8 Å². The minimum absolute atomic E-state index is 0.00424. The van der Waals surface area contributed by atoms with Gasteiger partial charge in [0, 0.05) is 115 Å². The number of hydrogen-bond acceptors (Lipinski definition) is 19. The molecule has 12 rings (SSSR count). The van der Waals surface area contributed by atoms with Crippen molar-refractivity contribution < 1.29 is 24.9 Å². The highest BCUT2D eigenvalue weighted by atomic mass is 35.5. The molecule has 3 atom stereocenters. The van der Waals surface area contributed by atoms with E-state index in [-0.39, 0.29) is 25.0 Å². The van der Waals surface area contributed by atoms with E-state index in [2.05, 4.69) is 91.3 Å². The molecule has 0 spiro atoms. The first-order valence-electron chi connectivity index (χ1n) is 32.6. The van der Waals surface area contributed by atoms with E-state index in [1.807, 2.05) is 106 Å². The first-order chi connectivity index (χ1) is 45.7. The molecule has 3 fully saturated rings. The number of aromatic nitrogens is 9. The molecule has 0 bridgehead atoms. The summed E-state index contributed by atoms with van der Waals surface area (Å²) in [5, 5.41) is 54.6. The van der Waals surface area contributed by atoms with Crippen LogP contribution in [0.5, 0.6) is 0 Å². The van der Waals surface area contributed by atoms with Gasteiger partial charge >= 0.3 is 0 Å². The third-order valence-electron chi connectivity index (χ3n) is 16.7. The highest BCUT2D eigenvalue weighted by Gasteiger charge is 2.27. The van der Waals surface area contributed by atoms with Gasteiger partial charge in [-0.2, -0.15) is 28.8 Å². The Kier molecular flexibility index (Phi) is 27.4. The molecule has 94 heavy (non-hydrogen) atoms. The molecule has 0 amide bonds. The molecule has 0 radical (unpaired) electrons. The zero-order valence-corrected chi connectivity index (χ0v) is 55.7. The van der Waals surface area contributed by atoms with Crippen molar-refractivity contribution >= 4 is 109 Å². The van der Waals surface area contributed by atoms with Crippen LogP contribution < -0.4 is 42.5 Å². The molecular weight excluding hydrogens is 1230 g/mol. The summed E-state index contributed by atoms with van der Waals surface area (Å²) in [6.07, 6.45) is 22.7. The molecule has 3 aromatic carbocycles. The first kappa shape index (κ1) is 71.2. The van der Waals surface area contributed by atoms with Gasteiger partial charge in [0.1, 0.15) is 34.2 Å². The summed E-state index contributed by atoms with van der Waals surface area (Å²) in [5.74, 6) is 5.02. The number of ketones is 1. The number of benzene rings is 3. The number of piperidine rings is 3. The minimum atomic E-state index is -0.509. The molecule has 11 N–H and O–H groups in total. The van der Waals surface area contributed by atoms with Gasteiger partial charge in [0.2, 0.25) is 5.24 Å². The molecule has 6 aromatic heterocycles. The minimum Gasteiger partial charge on any atom is -0.399 e. The summed E-state index contributed by atoms with van der Waals surface area (Å²) in [6, 6.07) is 29.5. The smallest absolute Gasteiger partial charge is 0.244 e. The Hall–Kier alpha value is -8.64.